The van der Waals surface area contributed by atoms with E-state index in [9.17, 15) is 0 Å². The van der Waals surface area contributed by atoms with Crippen LogP contribution in [0.5, 0.6) is 0 Å². The van der Waals surface area contributed by atoms with E-state index in [4.69, 9.17) is 0 Å². The van der Waals surface area contributed by atoms with Gasteiger partial charge in [0, 0.05) is 23.0 Å². The van der Waals surface area contributed by atoms with Crippen molar-refractivity contribution in [3.05, 3.63) is 46.5 Å². The minimum atomic E-state index is 0.341. The Morgan fingerprint density at radius 2 is 2.00 bits per heavy atom. The van der Waals surface area contributed by atoms with Crippen molar-refractivity contribution in [3.8, 4) is 0 Å². The van der Waals surface area contributed by atoms with E-state index in [-0.39, 0.29) is 0 Å². The van der Waals surface area contributed by atoms with E-state index in [1.54, 1.807) is 6.33 Å². The lowest BCUT2D eigenvalue weighted by Crippen LogP contribution is -2.31. The Labute approximate surface area is 128 Å². The Bertz CT molecular complexity index is 550. The summed E-state index contributed by atoms with van der Waals surface area (Å²) in [5.74, 6) is 1.03. The predicted molar refractivity (Wildman–Crippen MR) is 84.8 cm³/mol. The molecule has 108 valence electrons. The van der Waals surface area contributed by atoms with E-state index in [1.807, 2.05) is 17.8 Å². The number of hydrogen-bond acceptors (Lipinski definition) is 3. The third kappa shape index (κ3) is 3.67. The molecule has 0 bridgehead atoms. The van der Waals surface area contributed by atoms with Crippen LogP contribution in [0.2, 0.25) is 0 Å². The van der Waals surface area contributed by atoms with Gasteiger partial charge in [-0.3, -0.25) is 0 Å². The average molecular weight is 337 g/mol. The van der Waals surface area contributed by atoms with E-state index >= 15 is 0 Å². The largest absolute Gasteiger partial charge is 0.316 e. The van der Waals surface area contributed by atoms with Crippen molar-refractivity contribution in [2.45, 2.75) is 38.8 Å². The lowest BCUT2D eigenvalue weighted by atomic mass is 10.0. The predicted octanol–water partition coefficient (Wildman–Crippen LogP) is 2.99. The molecule has 1 atom stereocenters. The van der Waals surface area contributed by atoms with Gasteiger partial charge in [-0.05, 0) is 38.9 Å². The van der Waals surface area contributed by atoms with Gasteiger partial charge in [-0.15, -0.1) is 0 Å². The quantitative estimate of drug-likeness (QED) is 0.881. The molecule has 1 aromatic heterocycles. The van der Waals surface area contributed by atoms with Crippen molar-refractivity contribution < 1.29 is 0 Å². The first-order valence-corrected chi connectivity index (χ1v) is 7.70. The Kier molecular flexibility index (Phi) is 5.31. The minimum absolute atomic E-state index is 0.341. The fourth-order valence-electron chi connectivity index (χ4n) is 2.28. The van der Waals surface area contributed by atoms with Crippen molar-refractivity contribution in [3.63, 3.8) is 0 Å². The van der Waals surface area contributed by atoms with E-state index in [2.05, 4.69) is 63.4 Å². The Balaban J connectivity index is 2.10. The molecule has 2 aromatic rings. The zero-order valence-corrected chi connectivity index (χ0v) is 13.8. The number of hydrogen-bond donors (Lipinski definition) is 1. The van der Waals surface area contributed by atoms with Gasteiger partial charge < -0.3 is 5.32 Å². The molecule has 0 fully saturated rings. The highest BCUT2D eigenvalue weighted by atomic mass is 79.9. The van der Waals surface area contributed by atoms with E-state index < -0.39 is 0 Å². The van der Waals surface area contributed by atoms with Crippen molar-refractivity contribution >= 4 is 15.9 Å². The summed E-state index contributed by atoms with van der Waals surface area (Å²) in [4.78, 5) is 4.39. The maximum absolute atomic E-state index is 4.39. The van der Waals surface area contributed by atoms with Crippen LogP contribution < -0.4 is 5.32 Å². The van der Waals surface area contributed by atoms with Gasteiger partial charge in [0.25, 0.3) is 0 Å². The number of nitrogens with one attached hydrogen (secondary N) is 1. The minimum Gasteiger partial charge on any atom is -0.316 e. The fourth-order valence-corrected chi connectivity index (χ4v) is 2.72. The standard InChI is InChI=1S/C15H21BrN4/c1-11(2)20-15(18-10-19-20)9-13(17-3)8-12-6-4-5-7-14(12)16/h4-7,10-11,13,17H,8-9H2,1-3H3. The number of likely N-dealkylation sites (N-methyl/N-ethyl adjacent to an activating group) is 1. The molecule has 0 aliphatic rings. The van der Waals surface area contributed by atoms with Gasteiger partial charge in [0.1, 0.15) is 12.2 Å². The van der Waals surface area contributed by atoms with Gasteiger partial charge in [0.05, 0.1) is 0 Å². The van der Waals surface area contributed by atoms with Crippen LogP contribution in [-0.2, 0) is 12.8 Å². The smallest absolute Gasteiger partial charge is 0.138 e. The molecule has 0 aliphatic carbocycles. The Morgan fingerprint density at radius 3 is 2.65 bits per heavy atom. The maximum atomic E-state index is 4.39. The van der Waals surface area contributed by atoms with Gasteiger partial charge in [-0.25, -0.2) is 9.67 Å². The van der Waals surface area contributed by atoms with Gasteiger partial charge in [-0.2, -0.15) is 5.10 Å². The summed E-state index contributed by atoms with van der Waals surface area (Å²) in [7, 11) is 2.00. The van der Waals surface area contributed by atoms with E-state index in [0.717, 1.165) is 23.1 Å². The van der Waals surface area contributed by atoms with Crippen LogP contribution in [-0.4, -0.2) is 27.9 Å². The lowest BCUT2D eigenvalue weighted by Gasteiger charge is -2.18. The van der Waals surface area contributed by atoms with Crippen molar-refractivity contribution in [2.75, 3.05) is 7.05 Å². The molecule has 5 heteroatoms. The maximum Gasteiger partial charge on any atom is 0.138 e. The zero-order valence-electron chi connectivity index (χ0n) is 12.2. The molecule has 1 N–H and O–H groups in total. The SMILES string of the molecule is CNC(Cc1ccccc1Br)Cc1ncnn1C(C)C. The van der Waals surface area contributed by atoms with Gasteiger partial charge >= 0.3 is 0 Å². The van der Waals surface area contributed by atoms with Crippen LogP contribution in [0.1, 0.15) is 31.3 Å². The summed E-state index contributed by atoms with van der Waals surface area (Å²) in [6.45, 7) is 4.25. The van der Waals surface area contributed by atoms with Gasteiger partial charge in [0.2, 0.25) is 0 Å². The number of halogens is 1. The Hall–Kier alpha value is -1.20. The van der Waals surface area contributed by atoms with Gasteiger partial charge in [0.15, 0.2) is 0 Å². The molecule has 0 amide bonds. The van der Waals surface area contributed by atoms with Gasteiger partial charge in [-0.1, -0.05) is 34.1 Å². The number of nitrogens with zero attached hydrogens (tertiary/aromatic N) is 3. The molecular formula is C15H21BrN4. The highest BCUT2D eigenvalue weighted by molar-refractivity contribution is 9.10. The Morgan fingerprint density at radius 1 is 1.25 bits per heavy atom. The first kappa shape index (κ1) is 15.2. The topological polar surface area (TPSA) is 42.7 Å². The number of aromatic nitrogens is 3. The summed E-state index contributed by atoms with van der Waals surface area (Å²) < 4.78 is 3.15. The number of rotatable bonds is 6. The molecule has 1 aromatic carbocycles. The molecule has 20 heavy (non-hydrogen) atoms. The zero-order chi connectivity index (χ0) is 14.5. The highest BCUT2D eigenvalue weighted by Gasteiger charge is 2.15. The summed E-state index contributed by atoms with van der Waals surface area (Å²) in [6, 6.07) is 9.03. The second-order valence-electron chi connectivity index (χ2n) is 5.20. The van der Waals surface area contributed by atoms with Crippen LogP contribution in [0.3, 0.4) is 0 Å². The summed E-state index contributed by atoms with van der Waals surface area (Å²) in [5, 5.41) is 7.68. The van der Waals surface area contributed by atoms with E-state index in [0.29, 0.717) is 12.1 Å². The van der Waals surface area contributed by atoms with Crippen molar-refractivity contribution in [1.82, 2.24) is 20.1 Å². The first-order chi connectivity index (χ1) is 9.61. The van der Waals surface area contributed by atoms with Crippen LogP contribution in [0.15, 0.2) is 35.1 Å². The lowest BCUT2D eigenvalue weighted by molar-refractivity contribution is 0.470. The third-order valence-electron chi connectivity index (χ3n) is 3.40. The number of benzene rings is 1. The van der Waals surface area contributed by atoms with E-state index in [1.165, 1.54) is 5.56 Å². The molecule has 0 aliphatic heterocycles. The van der Waals surface area contributed by atoms with Crippen molar-refractivity contribution in [2.24, 2.45) is 0 Å². The van der Waals surface area contributed by atoms with Crippen LogP contribution in [0.25, 0.3) is 0 Å². The van der Waals surface area contributed by atoms with Crippen molar-refractivity contribution in [1.29, 1.82) is 0 Å². The second kappa shape index (κ2) is 6.99. The van der Waals surface area contributed by atoms with Crippen LogP contribution in [0, 0.1) is 0 Å². The molecule has 4 nitrogen and oxygen atoms in total. The normalized spacial score (nSPS) is 12.8. The summed E-state index contributed by atoms with van der Waals surface area (Å²) in [6.07, 6.45) is 3.47. The molecule has 0 spiro atoms. The summed E-state index contributed by atoms with van der Waals surface area (Å²) >= 11 is 3.61. The van der Waals surface area contributed by atoms with Crippen LogP contribution in [0.4, 0.5) is 0 Å². The molecule has 2 rings (SSSR count). The fraction of sp³-hybridized carbons (Fsp3) is 0.467. The molecule has 0 radical (unpaired) electrons. The third-order valence-corrected chi connectivity index (χ3v) is 4.17. The monoisotopic (exact) mass is 336 g/mol. The molecule has 0 saturated carbocycles. The molecule has 1 unspecified atom stereocenters. The van der Waals surface area contributed by atoms with Crippen LogP contribution >= 0.6 is 15.9 Å². The second-order valence-corrected chi connectivity index (χ2v) is 6.05. The highest BCUT2D eigenvalue weighted by Crippen LogP contribution is 2.18. The average Bonchev–Trinajstić information content (AvgIpc) is 2.88. The first-order valence-electron chi connectivity index (χ1n) is 6.91. The molecule has 1 heterocycles. The molecule has 0 saturated heterocycles. The summed E-state index contributed by atoms with van der Waals surface area (Å²) in [5.41, 5.74) is 1.31. The molecular weight excluding hydrogens is 316 g/mol.